The average molecular weight is 288 g/mol. The van der Waals surface area contributed by atoms with Crippen LogP contribution in [0.1, 0.15) is 37.8 Å². The van der Waals surface area contributed by atoms with E-state index in [1.807, 2.05) is 0 Å². The van der Waals surface area contributed by atoms with Gasteiger partial charge in [0, 0.05) is 32.2 Å². The Labute approximate surface area is 128 Å². The van der Waals surface area contributed by atoms with E-state index in [2.05, 4.69) is 48.3 Å². The molecule has 1 saturated heterocycles. The monoisotopic (exact) mass is 288 g/mol. The van der Waals surface area contributed by atoms with E-state index in [-0.39, 0.29) is 0 Å². The summed E-state index contributed by atoms with van der Waals surface area (Å²) in [7, 11) is 0. The average Bonchev–Trinajstić information content (AvgIpc) is 2.92. The minimum Gasteiger partial charge on any atom is -0.372 e. The summed E-state index contributed by atoms with van der Waals surface area (Å²) in [5, 5.41) is 3.49. The molecule has 2 heterocycles. The van der Waals surface area contributed by atoms with Crippen LogP contribution in [0.25, 0.3) is 0 Å². The van der Waals surface area contributed by atoms with Crippen molar-refractivity contribution >= 4 is 0 Å². The second-order valence-corrected chi connectivity index (χ2v) is 6.77. The molecule has 0 spiro atoms. The van der Waals surface area contributed by atoms with Crippen LogP contribution in [-0.2, 0) is 17.7 Å². The number of hydrogen-bond acceptors (Lipinski definition) is 3. The molecule has 3 nitrogen and oxygen atoms in total. The van der Waals surface area contributed by atoms with Crippen LogP contribution in [0.5, 0.6) is 0 Å². The van der Waals surface area contributed by atoms with Gasteiger partial charge in [-0.1, -0.05) is 38.1 Å². The van der Waals surface area contributed by atoms with E-state index in [1.54, 1.807) is 0 Å². The first-order chi connectivity index (χ1) is 10.2. The fourth-order valence-corrected chi connectivity index (χ4v) is 3.43. The second kappa shape index (κ2) is 6.91. The molecule has 0 aliphatic carbocycles. The molecule has 0 amide bonds. The minimum absolute atomic E-state index is 0.412. The van der Waals surface area contributed by atoms with Crippen molar-refractivity contribution in [3.8, 4) is 0 Å². The molecule has 0 saturated carbocycles. The highest BCUT2D eigenvalue weighted by atomic mass is 16.5. The van der Waals surface area contributed by atoms with Gasteiger partial charge in [0.05, 0.1) is 12.2 Å². The van der Waals surface area contributed by atoms with Gasteiger partial charge in [0.1, 0.15) is 0 Å². The van der Waals surface area contributed by atoms with Crippen LogP contribution in [0.2, 0.25) is 0 Å². The van der Waals surface area contributed by atoms with Crippen molar-refractivity contribution < 1.29 is 4.74 Å². The topological polar surface area (TPSA) is 24.5 Å². The van der Waals surface area contributed by atoms with Gasteiger partial charge in [0.15, 0.2) is 0 Å². The van der Waals surface area contributed by atoms with Crippen LogP contribution in [-0.4, -0.2) is 42.8 Å². The van der Waals surface area contributed by atoms with E-state index < -0.39 is 0 Å². The smallest absolute Gasteiger partial charge is 0.0707 e. The van der Waals surface area contributed by atoms with E-state index in [0.29, 0.717) is 18.2 Å². The number of nitrogens with zero attached hydrogens (tertiary/aromatic N) is 1. The molecule has 1 aromatic rings. The Morgan fingerprint density at radius 3 is 2.76 bits per heavy atom. The molecule has 2 atom stereocenters. The van der Waals surface area contributed by atoms with Crippen molar-refractivity contribution in [2.75, 3.05) is 19.6 Å². The second-order valence-electron chi connectivity index (χ2n) is 6.77. The summed E-state index contributed by atoms with van der Waals surface area (Å²) in [4.78, 5) is 2.56. The largest absolute Gasteiger partial charge is 0.372 e. The lowest BCUT2D eigenvalue weighted by Gasteiger charge is -2.30. The number of rotatable bonds is 5. The number of benzene rings is 1. The van der Waals surface area contributed by atoms with Gasteiger partial charge in [-0.2, -0.15) is 0 Å². The predicted octanol–water partition coefficient (Wildman–Crippen LogP) is 2.59. The van der Waals surface area contributed by atoms with Crippen LogP contribution in [0.4, 0.5) is 0 Å². The molecule has 2 aliphatic heterocycles. The molecule has 0 bridgehead atoms. The van der Waals surface area contributed by atoms with Gasteiger partial charge < -0.3 is 10.1 Å². The lowest BCUT2D eigenvalue weighted by Crippen LogP contribution is -2.37. The van der Waals surface area contributed by atoms with Crippen molar-refractivity contribution in [3.63, 3.8) is 0 Å². The first-order valence-corrected chi connectivity index (χ1v) is 8.38. The standard InChI is InChI=1S/C18H28N2O/c1-14(2)19-11-17-7-8-18(21-17)13-20-10-9-15-5-3-4-6-16(15)12-20/h3-6,14,17-19H,7-13H2,1-2H3. The van der Waals surface area contributed by atoms with Crippen LogP contribution in [0.3, 0.4) is 0 Å². The van der Waals surface area contributed by atoms with E-state index >= 15 is 0 Å². The third-order valence-electron chi connectivity index (χ3n) is 4.62. The molecule has 116 valence electrons. The molecule has 2 aliphatic rings. The summed E-state index contributed by atoms with van der Waals surface area (Å²) >= 11 is 0. The number of nitrogens with one attached hydrogen (secondary N) is 1. The van der Waals surface area contributed by atoms with Gasteiger partial charge in [0.2, 0.25) is 0 Å². The minimum atomic E-state index is 0.412. The molecule has 1 aromatic carbocycles. The van der Waals surface area contributed by atoms with Gasteiger partial charge in [-0.3, -0.25) is 4.90 Å². The maximum absolute atomic E-state index is 6.20. The number of ether oxygens (including phenoxy) is 1. The first-order valence-electron chi connectivity index (χ1n) is 8.38. The Balaban J connectivity index is 1.46. The number of fused-ring (bicyclic) bond motifs is 1. The Kier molecular flexibility index (Phi) is 4.94. The van der Waals surface area contributed by atoms with Gasteiger partial charge in [-0.15, -0.1) is 0 Å². The first kappa shape index (κ1) is 15.0. The van der Waals surface area contributed by atoms with Crippen LogP contribution >= 0.6 is 0 Å². The molecule has 1 N–H and O–H groups in total. The van der Waals surface area contributed by atoms with Crippen molar-refractivity contribution in [2.24, 2.45) is 0 Å². The lowest BCUT2D eigenvalue weighted by molar-refractivity contribution is 0.0201. The van der Waals surface area contributed by atoms with E-state index in [9.17, 15) is 0 Å². The lowest BCUT2D eigenvalue weighted by atomic mass is 9.99. The van der Waals surface area contributed by atoms with Crippen molar-refractivity contribution in [1.82, 2.24) is 10.2 Å². The Morgan fingerprint density at radius 2 is 1.95 bits per heavy atom. The molecule has 21 heavy (non-hydrogen) atoms. The zero-order valence-corrected chi connectivity index (χ0v) is 13.3. The highest BCUT2D eigenvalue weighted by Gasteiger charge is 2.27. The normalized spacial score (nSPS) is 26.2. The van der Waals surface area contributed by atoms with Crippen molar-refractivity contribution in [1.29, 1.82) is 0 Å². The highest BCUT2D eigenvalue weighted by Crippen LogP contribution is 2.23. The van der Waals surface area contributed by atoms with Gasteiger partial charge in [0.25, 0.3) is 0 Å². The van der Waals surface area contributed by atoms with Crippen molar-refractivity contribution in [2.45, 2.75) is 57.9 Å². The Hall–Kier alpha value is -0.900. The molecular weight excluding hydrogens is 260 g/mol. The summed E-state index contributed by atoms with van der Waals surface area (Å²) < 4.78 is 6.20. The molecule has 1 fully saturated rings. The SMILES string of the molecule is CC(C)NCC1CCC(CN2CCc3ccccc3C2)O1. The molecule has 2 unspecified atom stereocenters. The van der Waals surface area contributed by atoms with Crippen molar-refractivity contribution in [3.05, 3.63) is 35.4 Å². The summed E-state index contributed by atoms with van der Waals surface area (Å²) in [6.07, 6.45) is 4.43. The molecule has 0 aromatic heterocycles. The summed E-state index contributed by atoms with van der Waals surface area (Å²) in [6.45, 7) is 8.73. The van der Waals surface area contributed by atoms with E-state index in [1.165, 1.54) is 36.9 Å². The van der Waals surface area contributed by atoms with Crippen LogP contribution in [0, 0.1) is 0 Å². The van der Waals surface area contributed by atoms with Crippen LogP contribution in [0.15, 0.2) is 24.3 Å². The zero-order chi connectivity index (χ0) is 14.7. The van der Waals surface area contributed by atoms with Gasteiger partial charge >= 0.3 is 0 Å². The number of hydrogen-bond donors (Lipinski definition) is 1. The maximum atomic E-state index is 6.20. The quantitative estimate of drug-likeness (QED) is 0.901. The van der Waals surface area contributed by atoms with Crippen LogP contribution < -0.4 is 5.32 Å². The predicted molar refractivity (Wildman–Crippen MR) is 86.5 cm³/mol. The Bertz CT molecular complexity index is 460. The fourth-order valence-electron chi connectivity index (χ4n) is 3.43. The van der Waals surface area contributed by atoms with Gasteiger partial charge in [-0.25, -0.2) is 0 Å². The Morgan fingerprint density at radius 1 is 1.19 bits per heavy atom. The van der Waals surface area contributed by atoms with Gasteiger partial charge in [-0.05, 0) is 30.4 Å². The molecule has 3 rings (SSSR count). The molecule has 0 radical (unpaired) electrons. The van der Waals surface area contributed by atoms with E-state index in [0.717, 1.165) is 19.6 Å². The summed E-state index contributed by atoms with van der Waals surface area (Å²) in [5.74, 6) is 0. The third kappa shape index (κ3) is 4.06. The van der Waals surface area contributed by atoms with E-state index in [4.69, 9.17) is 4.74 Å². The fraction of sp³-hybridized carbons (Fsp3) is 0.667. The third-order valence-corrected chi connectivity index (χ3v) is 4.62. The molecular formula is C18H28N2O. The summed E-state index contributed by atoms with van der Waals surface area (Å²) in [6, 6.07) is 9.40. The zero-order valence-electron chi connectivity index (χ0n) is 13.3. The molecule has 3 heteroatoms. The highest BCUT2D eigenvalue weighted by molar-refractivity contribution is 5.29. The maximum Gasteiger partial charge on any atom is 0.0707 e. The summed E-state index contributed by atoms with van der Waals surface area (Å²) in [5.41, 5.74) is 3.03.